The highest BCUT2D eigenvalue weighted by Crippen LogP contribution is 2.32. The van der Waals surface area contributed by atoms with Gasteiger partial charge in [0.25, 0.3) is 15.9 Å². The number of ether oxygens (including phenoxy) is 2. The molecule has 0 aliphatic carbocycles. The van der Waals surface area contributed by atoms with Crippen LogP contribution in [-0.4, -0.2) is 21.1 Å². The molecule has 0 fully saturated rings. The summed E-state index contributed by atoms with van der Waals surface area (Å²) in [5, 5.41) is 2.82. The molecule has 30 heavy (non-hydrogen) atoms. The number of nitrogens with one attached hydrogen (secondary N) is 2. The first-order valence-electron chi connectivity index (χ1n) is 9.27. The van der Waals surface area contributed by atoms with Gasteiger partial charge >= 0.3 is 0 Å². The van der Waals surface area contributed by atoms with Crippen LogP contribution in [-0.2, 0) is 16.6 Å². The zero-order valence-corrected chi connectivity index (χ0v) is 17.0. The van der Waals surface area contributed by atoms with E-state index in [4.69, 9.17) is 9.47 Å². The molecule has 0 radical (unpaired) electrons. The summed E-state index contributed by atoms with van der Waals surface area (Å²) in [7, 11) is -3.74. The van der Waals surface area contributed by atoms with E-state index in [-0.39, 0.29) is 17.6 Å². The predicted octanol–water partition coefficient (Wildman–Crippen LogP) is 3.45. The Labute approximate surface area is 174 Å². The summed E-state index contributed by atoms with van der Waals surface area (Å²) >= 11 is 0. The fourth-order valence-electron chi connectivity index (χ4n) is 2.99. The molecule has 4 rings (SSSR count). The molecule has 0 atom stereocenters. The van der Waals surface area contributed by atoms with Crippen molar-refractivity contribution in [2.75, 3.05) is 11.5 Å². The summed E-state index contributed by atoms with van der Waals surface area (Å²) < 4.78 is 38.3. The minimum Gasteiger partial charge on any atom is -0.454 e. The second kappa shape index (κ2) is 8.08. The van der Waals surface area contributed by atoms with E-state index in [1.54, 1.807) is 48.5 Å². The molecule has 2 N–H and O–H groups in total. The van der Waals surface area contributed by atoms with Gasteiger partial charge in [0, 0.05) is 17.8 Å². The van der Waals surface area contributed by atoms with E-state index in [0.717, 1.165) is 11.1 Å². The number of carbonyl (C=O) groups excluding carboxylic acids is 1. The van der Waals surface area contributed by atoms with E-state index in [2.05, 4.69) is 10.0 Å². The normalized spacial score (nSPS) is 12.4. The van der Waals surface area contributed by atoms with E-state index in [9.17, 15) is 13.2 Å². The third-order valence-electron chi connectivity index (χ3n) is 4.60. The van der Waals surface area contributed by atoms with Crippen LogP contribution in [0.5, 0.6) is 11.5 Å². The first-order valence-corrected chi connectivity index (χ1v) is 10.8. The van der Waals surface area contributed by atoms with Crippen molar-refractivity contribution < 1.29 is 22.7 Å². The van der Waals surface area contributed by atoms with Gasteiger partial charge in [-0.15, -0.1) is 0 Å². The minimum absolute atomic E-state index is 0.158. The van der Waals surface area contributed by atoms with Gasteiger partial charge < -0.3 is 14.8 Å². The summed E-state index contributed by atoms with van der Waals surface area (Å²) in [5.41, 5.74) is 2.49. The first-order chi connectivity index (χ1) is 14.4. The maximum atomic E-state index is 12.6. The molecule has 1 amide bonds. The maximum absolute atomic E-state index is 12.6. The van der Waals surface area contributed by atoms with Gasteiger partial charge in [0.05, 0.1) is 4.90 Å². The highest BCUT2D eigenvalue weighted by atomic mass is 32.2. The van der Waals surface area contributed by atoms with Crippen molar-refractivity contribution in [1.29, 1.82) is 0 Å². The molecular formula is C22H20N2O5S. The van der Waals surface area contributed by atoms with E-state index in [1.165, 1.54) is 6.07 Å². The van der Waals surface area contributed by atoms with Crippen molar-refractivity contribution in [3.63, 3.8) is 0 Å². The topological polar surface area (TPSA) is 93.7 Å². The lowest BCUT2D eigenvalue weighted by Gasteiger charge is -2.10. The largest absolute Gasteiger partial charge is 0.454 e. The molecule has 7 nitrogen and oxygen atoms in total. The van der Waals surface area contributed by atoms with Crippen molar-refractivity contribution in [3.8, 4) is 11.5 Å². The number of benzene rings is 3. The predicted molar refractivity (Wildman–Crippen MR) is 112 cm³/mol. The molecule has 0 unspecified atom stereocenters. The van der Waals surface area contributed by atoms with Crippen LogP contribution in [0.1, 0.15) is 21.5 Å². The third kappa shape index (κ3) is 4.38. The van der Waals surface area contributed by atoms with Crippen molar-refractivity contribution >= 4 is 21.6 Å². The molecule has 0 spiro atoms. The first kappa shape index (κ1) is 19.8. The lowest BCUT2D eigenvalue weighted by atomic mass is 10.1. The highest BCUT2D eigenvalue weighted by Gasteiger charge is 2.16. The number of amides is 1. The van der Waals surface area contributed by atoms with Crippen LogP contribution in [0.25, 0.3) is 0 Å². The molecule has 0 saturated heterocycles. The van der Waals surface area contributed by atoms with Crippen molar-refractivity contribution in [2.45, 2.75) is 18.4 Å². The van der Waals surface area contributed by atoms with Crippen LogP contribution in [0.15, 0.2) is 71.6 Å². The Morgan fingerprint density at radius 3 is 2.53 bits per heavy atom. The summed E-state index contributed by atoms with van der Waals surface area (Å²) in [6, 6.07) is 18.4. The third-order valence-corrected chi connectivity index (χ3v) is 6.00. The van der Waals surface area contributed by atoms with Crippen molar-refractivity contribution in [3.05, 3.63) is 83.4 Å². The van der Waals surface area contributed by atoms with Crippen LogP contribution >= 0.6 is 0 Å². The summed E-state index contributed by atoms with van der Waals surface area (Å²) in [6.45, 7) is 2.38. The Bertz CT molecular complexity index is 1190. The Morgan fingerprint density at radius 2 is 1.73 bits per heavy atom. The number of rotatable bonds is 6. The van der Waals surface area contributed by atoms with Crippen LogP contribution in [0.3, 0.4) is 0 Å². The molecule has 0 aromatic heterocycles. The van der Waals surface area contributed by atoms with E-state index < -0.39 is 10.0 Å². The number of fused-ring (bicyclic) bond motifs is 1. The molecule has 1 heterocycles. The van der Waals surface area contributed by atoms with Gasteiger partial charge in [-0.3, -0.25) is 9.52 Å². The average molecular weight is 424 g/mol. The fraction of sp³-hybridized carbons (Fsp3) is 0.136. The number of sulfonamides is 1. The van der Waals surface area contributed by atoms with Gasteiger partial charge in [0.15, 0.2) is 11.5 Å². The smallest absolute Gasteiger partial charge is 0.261 e. The summed E-state index contributed by atoms with van der Waals surface area (Å²) in [4.78, 5) is 12.7. The van der Waals surface area contributed by atoms with Crippen molar-refractivity contribution in [1.82, 2.24) is 5.32 Å². The van der Waals surface area contributed by atoms with Crippen LogP contribution in [0.2, 0.25) is 0 Å². The lowest BCUT2D eigenvalue weighted by Crippen LogP contribution is -2.23. The Morgan fingerprint density at radius 1 is 0.967 bits per heavy atom. The molecule has 0 bridgehead atoms. The Kier molecular flexibility index (Phi) is 5.33. The average Bonchev–Trinajstić information content (AvgIpc) is 3.20. The fourth-order valence-corrected chi connectivity index (χ4v) is 4.04. The van der Waals surface area contributed by atoms with Gasteiger partial charge in [-0.1, -0.05) is 29.8 Å². The van der Waals surface area contributed by atoms with Crippen LogP contribution in [0.4, 0.5) is 5.69 Å². The van der Waals surface area contributed by atoms with E-state index in [0.29, 0.717) is 29.3 Å². The zero-order valence-electron chi connectivity index (χ0n) is 16.2. The highest BCUT2D eigenvalue weighted by molar-refractivity contribution is 7.92. The number of hydrogen-bond acceptors (Lipinski definition) is 5. The molecule has 8 heteroatoms. The van der Waals surface area contributed by atoms with Gasteiger partial charge in [-0.05, 0) is 55.0 Å². The Balaban J connectivity index is 1.43. The van der Waals surface area contributed by atoms with Crippen LogP contribution in [0, 0.1) is 6.92 Å². The lowest BCUT2D eigenvalue weighted by molar-refractivity contribution is 0.0951. The summed E-state index contributed by atoms with van der Waals surface area (Å²) in [5.74, 6) is 1.01. The maximum Gasteiger partial charge on any atom is 0.261 e. The standard InChI is InChI=1S/C22H20N2O5S/c1-15-5-8-19(9-6-15)30(26,27)24-18-4-2-3-17(12-18)22(25)23-13-16-7-10-20-21(11-16)29-14-28-20/h2-12,24H,13-14H2,1H3,(H,23,25). The van der Waals surface area contributed by atoms with Crippen LogP contribution < -0.4 is 19.5 Å². The van der Waals surface area contributed by atoms with E-state index in [1.807, 2.05) is 19.1 Å². The molecule has 3 aromatic carbocycles. The molecule has 1 aliphatic rings. The minimum atomic E-state index is -3.74. The second-order valence-corrected chi connectivity index (χ2v) is 8.55. The van der Waals surface area contributed by atoms with Gasteiger partial charge in [-0.2, -0.15) is 0 Å². The van der Waals surface area contributed by atoms with Gasteiger partial charge in [-0.25, -0.2) is 8.42 Å². The summed E-state index contributed by atoms with van der Waals surface area (Å²) in [6.07, 6.45) is 0. The number of aryl methyl sites for hydroxylation is 1. The van der Waals surface area contributed by atoms with Crippen molar-refractivity contribution in [2.24, 2.45) is 0 Å². The SMILES string of the molecule is Cc1ccc(S(=O)(=O)Nc2cccc(C(=O)NCc3ccc4c(c3)OCO4)c2)cc1. The zero-order chi connectivity index (χ0) is 21.1. The van der Waals surface area contributed by atoms with Gasteiger partial charge in [0.1, 0.15) is 0 Å². The molecule has 0 saturated carbocycles. The molecule has 154 valence electrons. The quantitative estimate of drug-likeness (QED) is 0.632. The van der Waals surface area contributed by atoms with Gasteiger partial charge in [0.2, 0.25) is 6.79 Å². The Hall–Kier alpha value is -3.52. The number of carbonyl (C=O) groups is 1. The molecular weight excluding hydrogens is 404 g/mol. The number of hydrogen-bond donors (Lipinski definition) is 2. The number of anilines is 1. The second-order valence-electron chi connectivity index (χ2n) is 6.87. The molecule has 1 aliphatic heterocycles. The van der Waals surface area contributed by atoms with E-state index >= 15 is 0 Å². The monoisotopic (exact) mass is 424 g/mol. The molecule has 3 aromatic rings.